The van der Waals surface area contributed by atoms with E-state index in [1.807, 2.05) is 43.4 Å². The summed E-state index contributed by atoms with van der Waals surface area (Å²) >= 11 is 0. The van der Waals surface area contributed by atoms with E-state index >= 15 is 0 Å². The van der Waals surface area contributed by atoms with E-state index in [-0.39, 0.29) is 11.9 Å². The highest BCUT2D eigenvalue weighted by atomic mass is 16.2. The van der Waals surface area contributed by atoms with Crippen molar-refractivity contribution in [1.82, 2.24) is 15.2 Å². The largest absolute Gasteiger partial charge is 0.352 e. The molecule has 1 N–H and O–H groups in total. The van der Waals surface area contributed by atoms with Gasteiger partial charge in [0.05, 0.1) is 5.69 Å². The van der Waals surface area contributed by atoms with Crippen LogP contribution < -0.4 is 5.32 Å². The lowest BCUT2D eigenvalue weighted by Gasteiger charge is -2.30. The molecule has 0 spiro atoms. The lowest BCUT2D eigenvalue weighted by molar-refractivity contribution is -0.127. The highest BCUT2D eigenvalue weighted by molar-refractivity contribution is 5.83. The monoisotopic (exact) mass is 337 g/mol. The summed E-state index contributed by atoms with van der Waals surface area (Å²) in [6.45, 7) is 0.708. The van der Waals surface area contributed by atoms with E-state index in [9.17, 15) is 4.79 Å². The molecule has 0 radical (unpaired) electrons. The molecular weight excluding hydrogens is 310 g/mol. The highest BCUT2D eigenvalue weighted by Crippen LogP contribution is 2.22. The number of nitrogens with one attached hydrogen (secondary N) is 1. The van der Waals surface area contributed by atoms with E-state index in [1.165, 1.54) is 24.8 Å². The molecule has 25 heavy (non-hydrogen) atoms. The van der Waals surface area contributed by atoms with Crippen LogP contribution >= 0.6 is 0 Å². The minimum atomic E-state index is -0.372. The van der Waals surface area contributed by atoms with Crippen LogP contribution in [0, 0.1) is 0 Å². The molecule has 0 bridgehead atoms. The topological polar surface area (TPSA) is 45.2 Å². The molecule has 1 aliphatic carbocycles. The molecule has 1 amide bonds. The molecule has 3 rings (SSSR count). The number of aromatic nitrogens is 1. The molecular formula is C21H27N3O. The first-order valence-corrected chi connectivity index (χ1v) is 9.19. The number of rotatable bonds is 6. The van der Waals surface area contributed by atoms with E-state index < -0.39 is 0 Å². The summed E-state index contributed by atoms with van der Waals surface area (Å²) in [6.07, 6.45) is 7.63. The molecule has 0 saturated heterocycles. The number of carbonyl (C=O) groups is 1. The summed E-state index contributed by atoms with van der Waals surface area (Å²) in [4.78, 5) is 19.6. The first-order valence-electron chi connectivity index (χ1n) is 9.19. The fourth-order valence-electron chi connectivity index (χ4n) is 3.59. The van der Waals surface area contributed by atoms with Gasteiger partial charge in [-0.05, 0) is 37.6 Å². The smallest absolute Gasteiger partial charge is 0.243 e. The van der Waals surface area contributed by atoms with Crippen molar-refractivity contribution in [3.63, 3.8) is 0 Å². The molecule has 0 aliphatic heterocycles. The normalized spacial score (nSPS) is 16.6. The standard InChI is InChI=1S/C21H27N3O/c1-24(16-17-10-4-2-5-11-17)20(19-14-8-9-15-22-19)21(25)23-18-12-6-3-7-13-18/h2,4-5,8-11,14-15,18,20H,3,6-7,12-13,16H2,1H3,(H,23,25). The number of nitrogens with zero attached hydrogens (tertiary/aromatic N) is 2. The number of likely N-dealkylation sites (N-methyl/N-ethyl adjacent to an activating group) is 1. The summed E-state index contributed by atoms with van der Waals surface area (Å²) < 4.78 is 0. The number of benzene rings is 1. The van der Waals surface area contributed by atoms with Gasteiger partial charge in [0, 0.05) is 18.8 Å². The minimum Gasteiger partial charge on any atom is -0.352 e. The first-order chi connectivity index (χ1) is 12.2. The van der Waals surface area contributed by atoms with E-state index in [0.717, 1.165) is 18.5 Å². The van der Waals surface area contributed by atoms with Crippen LogP contribution in [0.15, 0.2) is 54.7 Å². The van der Waals surface area contributed by atoms with E-state index in [0.29, 0.717) is 12.6 Å². The van der Waals surface area contributed by atoms with Crippen LogP contribution in [-0.4, -0.2) is 28.9 Å². The summed E-state index contributed by atoms with van der Waals surface area (Å²) in [6, 6.07) is 15.9. The lowest BCUT2D eigenvalue weighted by atomic mass is 9.95. The lowest BCUT2D eigenvalue weighted by Crippen LogP contribution is -2.44. The third kappa shape index (κ3) is 4.89. The van der Waals surface area contributed by atoms with Crippen molar-refractivity contribution in [2.75, 3.05) is 7.05 Å². The number of hydrogen-bond acceptors (Lipinski definition) is 3. The summed E-state index contributed by atoms with van der Waals surface area (Å²) in [5.74, 6) is 0.0593. The SMILES string of the molecule is CN(Cc1ccccc1)C(C(=O)NC1CCCCC1)c1ccccn1. The average molecular weight is 337 g/mol. The Bertz CT molecular complexity index is 653. The molecule has 4 nitrogen and oxygen atoms in total. The van der Waals surface area contributed by atoms with Gasteiger partial charge < -0.3 is 5.32 Å². The van der Waals surface area contributed by atoms with E-state index in [4.69, 9.17) is 0 Å². The first kappa shape index (κ1) is 17.6. The van der Waals surface area contributed by atoms with Crippen molar-refractivity contribution in [2.45, 2.75) is 50.7 Å². The van der Waals surface area contributed by atoms with Crippen LogP contribution in [0.25, 0.3) is 0 Å². The van der Waals surface area contributed by atoms with Gasteiger partial charge in [-0.25, -0.2) is 0 Å². The van der Waals surface area contributed by atoms with Crippen molar-refractivity contribution in [2.24, 2.45) is 0 Å². The zero-order chi connectivity index (χ0) is 17.5. The van der Waals surface area contributed by atoms with Crippen molar-refractivity contribution in [1.29, 1.82) is 0 Å². The quantitative estimate of drug-likeness (QED) is 0.874. The van der Waals surface area contributed by atoms with Crippen LogP contribution in [0.4, 0.5) is 0 Å². The summed E-state index contributed by atoms with van der Waals surface area (Å²) in [5.41, 5.74) is 1.99. The maximum Gasteiger partial charge on any atom is 0.243 e. The van der Waals surface area contributed by atoms with Crippen molar-refractivity contribution in [3.05, 3.63) is 66.0 Å². The van der Waals surface area contributed by atoms with Crippen LogP contribution in [0.5, 0.6) is 0 Å². The Morgan fingerprint density at radius 2 is 1.84 bits per heavy atom. The molecule has 1 saturated carbocycles. The number of pyridine rings is 1. The summed E-state index contributed by atoms with van der Waals surface area (Å²) in [5, 5.41) is 3.26. The van der Waals surface area contributed by atoms with Gasteiger partial charge >= 0.3 is 0 Å². The van der Waals surface area contributed by atoms with Crippen molar-refractivity contribution in [3.8, 4) is 0 Å². The second-order valence-electron chi connectivity index (χ2n) is 6.90. The number of hydrogen-bond donors (Lipinski definition) is 1. The molecule has 1 aromatic carbocycles. The zero-order valence-electron chi connectivity index (χ0n) is 14.9. The van der Waals surface area contributed by atoms with E-state index in [2.05, 4.69) is 27.3 Å². The Kier molecular flexibility index (Phi) is 6.18. The molecule has 1 aromatic heterocycles. The number of carbonyl (C=O) groups excluding carboxylic acids is 1. The fraction of sp³-hybridized carbons (Fsp3) is 0.429. The molecule has 132 valence electrons. The predicted molar refractivity (Wildman–Crippen MR) is 99.9 cm³/mol. The molecule has 1 fully saturated rings. The second-order valence-corrected chi connectivity index (χ2v) is 6.90. The third-order valence-electron chi connectivity index (χ3n) is 4.88. The number of amides is 1. The van der Waals surface area contributed by atoms with Gasteiger partial charge in [0.2, 0.25) is 5.91 Å². The third-order valence-corrected chi connectivity index (χ3v) is 4.88. The molecule has 1 atom stereocenters. The Morgan fingerprint density at radius 3 is 2.52 bits per heavy atom. The van der Waals surface area contributed by atoms with Crippen molar-refractivity contribution < 1.29 is 4.79 Å². The van der Waals surface area contributed by atoms with Gasteiger partial charge in [-0.3, -0.25) is 14.7 Å². The molecule has 2 aromatic rings. The maximum absolute atomic E-state index is 13.1. The molecule has 1 unspecified atom stereocenters. The zero-order valence-corrected chi connectivity index (χ0v) is 14.9. The van der Waals surface area contributed by atoms with Crippen molar-refractivity contribution >= 4 is 5.91 Å². The maximum atomic E-state index is 13.1. The Hall–Kier alpha value is -2.20. The highest BCUT2D eigenvalue weighted by Gasteiger charge is 2.28. The van der Waals surface area contributed by atoms with Crippen LogP contribution in [0.1, 0.15) is 49.4 Å². The Labute approximate surface area is 150 Å². The summed E-state index contributed by atoms with van der Waals surface area (Å²) in [7, 11) is 1.99. The average Bonchev–Trinajstić information content (AvgIpc) is 2.64. The predicted octanol–water partition coefficient (Wildman–Crippen LogP) is 3.70. The van der Waals surface area contributed by atoms with Gasteiger partial charge in [0.15, 0.2) is 0 Å². The van der Waals surface area contributed by atoms with Crippen LogP contribution in [-0.2, 0) is 11.3 Å². The van der Waals surface area contributed by atoms with Crippen LogP contribution in [0.2, 0.25) is 0 Å². The van der Waals surface area contributed by atoms with Gasteiger partial charge in [-0.2, -0.15) is 0 Å². The van der Waals surface area contributed by atoms with Gasteiger partial charge in [-0.15, -0.1) is 0 Å². The van der Waals surface area contributed by atoms with Gasteiger partial charge in [0.1, 0.15) is 6.04 Å². The Morgan fingerprint density at radius 1 is 1.12 bits per heavy atom. The minimum absolute atomic E-state index is 0.0593. The van der Waals surface area contributed by atoms with Crippen LogP contribution in [0.3, 0.4) is 0 Å². The Balaban J connectivity index is 1.75. The fourth-order valence-corrected chi connectivity index (χ4v) is 3.59. The van der Waals surface area contributed by atoms with Gasteiger partial charge in [0.25, 0.3) is 0 Å². The van der Waals surface area contributed by atoms with Gasteiger partial charge in [-0.1, -0.05) is 55.7 Å². The molecule has 4 heteroatoms. The second kappa shape index (κ2) is 8.77. The van der Waals surface area contributed by atoms with E-state index in [1.54, 1.807) is 6.20 Å². The molecule has 1 aliphatic rings. The molecule has 1 heterocycles.